The summed E-state index contributed by atoms with van der Waals surface area (Å²) in [5, 5.41) is 5.09. The summed E-state index contributed by atoms with van der Waals surface area (Å²) in [4.78, 5) is 12.7. The Hall–Kier alpha value is -1.61. The van der Waals surface area contributed by atoms with Crippen LogP contribution in [0.2, 0.25) is 0 Å². The second kappa shape index (κ2) is 5.64. The van der Waals surface area contributed by atoms with Gasteiger partial charge in [-0.05, 0) is 17.0 Å². The molecule has 0 aliphatic carbocycles. The molecule has 88 valence electrons. The fourth-order valence-corrected chi connectivity index (χ4v) is 2.49. The maximum atomic E-state index is 11.6. The number of carbonyl (C=O) groups is 1. The van der Waals surface area contributed by atoms with Crippen molar-refractivity contribution < 1.29 is 4.79 Å². The standard InChI is InChI=1S/C14H15NOS/c1-2-13(16)15-14(12-9-6-10-17-12)11-7-4-3-5-8-11/h3-10,14H,2H2,1H3,(H,15,16)/t14-/m1/s1. The van der Waals surface area contributed by atoms with Crippen LogP contribution in [0.25, 0.3) is 0 Å². The van der Waals surface area contributed by atoms with E-state index in [-0.39, 0.29) is 11.9 Å². The van der Waals surface area contributed by atoms with E-state index in [0.29, 0.717) is 6.42 Å². The lowest BCUT2D eigenvalue weighted by atomic mass is 10.1. The van der Waals surface area contributed by atoms with Gasteiger partial charge in [0.2, 0.25) is 5.91 Å². The van der Waals surface area contributed by atoms with Gasteiger partial charge in [0, 0.05) is 11.3 Å². The molecule has 1 aromatic heterocycles. The molecule has 0 aliphatic rings. The van der Waals surface area contributed by atoms with Gasteiger partial charge in [0.15, 0.2) is 0 Å². The van der Waals surface area contributed by atoms with Crippen molar-refractivity contribution in [3.8, 4) is 0 Å². The molecule has 17 heavy (non-hydrogen) atoms. The van der Waals surface area contributed by atoms with E-state index < -0.39 is 0 Å². The van der Waals surface area contributed by atoms with Crippen molar-refractivity contribution in [1.29, 1.82) is 0 Å². The average molecular weight is 245 g/mol. The Balaban J connectivity index is 2.28. The van der Waals surface area contributed by atoms with Crippen LogP contribution < -0.4 is 5.32 Å². The number of amides is 1. The summed E-state index contributed by atoms with van der Waals surface area (Å²) < 4.78 is 0. The largest absolute Gasteiger partial charge is 0.344 e. The summed E-state index contributed by atoms with van der Waals surface area (Å²) in [6.45, 7) is 1.87. The van der Waals surface area contributed by atoms with Gasteiger partial charge in [0.1, 0.15) is 0 Å². The van der Waals surface area contributed by atoms with Crippen LogP contribution in [0.5, 0.6) is 0 Å². The van der Waals surface area contributed by atoms with Crippen molar-refractivity contribution in [3.63, 3.8) is 0 Å². The van der Waals surface area contributed by atoms with Gasteiger partial charge in [-0.2, -0.15) is 0 Å². The number of thiophene rings is 1. The lowest BCUT2D eigenvalue weighted by Gasteiger charge is -2.17. The Labute approximate surface area is 105 Å². The van der Waals surface area contributed by atoms with Crippen molar-refractivity contribution in [2.75, 3.05) is 0 Å². The molecule has 0 bridgehead atoms. The van der Waals surface area contributed by atoms with Gasteiger partial charge < -0.3 is 5.32 Å². The minimum atomic E-state index is -0.0244. The molecule has 1 aromatic carbocycles. The van der Waals surface area contributed by atoms with E-state index in [1.54, 1.807) is 11.3 Å². The van der Waals surface area contributed by atoms with Crippen LogP contribution in [0.1, 0.15) is 29.8 Å². The number of carbonyl (C=O) groups excluding carboxylic acids is 1. The van der Waals surface area contributed by atoms with Crippen molar-refractivity contribution in [2.24, 2.45) is 0 Å². The topological polar surface area (TPSA) is 29.1 Å². The molecule has 0 fully saturated rings. The fraction of sp³-hybridized carbons (Fsp3) is 0.214. The maximum Gasteiger partial charge on any atom is 0.220 e. The third-order valence-corrected chi connectivity index (χ3v) is 3.52. The van der Waals surface area contributed by atoms with E-state index >= 15 is 0 Å². The van der Waals surface area contributed by atoms with Gasteiger partial charge in [-0.15, -0.1) is 11.3 Å². The zero-order valence-corrected chi connectivity index (χ0v) is 10.5. The van der Waals surface area contributed by atoms with Crippen molar-refractivity contribution >= 4 is 17.2 Å². The first kappa shape index (κ1) is 11.9. The lowest BCUT2D eigenvalue weighted by Crippen LogP contribution is -2.27. The maximum absolute atomic E-state index is 11.6. The molecule has 2 rings (SSSR count). The lowest BCUT2D eigenvalue weighted by molar-refractivity contribution is -0.121. The first-order valence-corrected chi connectivity index (χ1v) is 6.57. The van der Waals surface area contributed by atoms with Crippen LogP contribution in [0, 0.1) is 0 Å². The minimum Gasteiger partial charge on any atom is -0.344 e. The molecule has 1 heterocycles. The van der Waals surface area contributed by atoms with Crippen LogP contribution >= 0.6 is 11.3 Å². The van der Waals surface area contributed by atoms with E-state index in [9.17, 15) is 4.79 Å². The average Bonchev–Trinajstić information content (AvgIpc) is 2.90. The van der Waals surface area contributed by atoms with Crippen LogP contribution in [0.3, 0.4) is 0 Å². The van der Waals surface area contributed by atoms with E-state index in [2.05, 4.69) is 11.4 Å². The van der Waals surface area contributed by atoms with E-state index in [1.807, 2.05) is 48.7 Å². The van der Waals surface area contributed by atoms with Gasteiger partial charge in [-0.25, -0.2) is 0 Å². The highest BCUT2D eigenvalue weighted by Gasteiger charge is 2.16. The molecule has 0 aliphatic heterocycles. The molecule has 0 unspecified atom stereocenters. The number of hydrogen-bond donors (Lipinski definition) is 1. The molecule has 2 nitrogen and oxygen atoms in total. The Morgan fingerprint density at radius 2 is 2.00 bits per heavy atom. The van der Waals surface area contributed by atoms with Gasteiger partial charge in [-0.1, -0.05) is 43.3 Å². The SMILES string of the molecule is CCC(=O)N[C@H](c1ccccc1)c1cccs1. The smallest absolute Gasteiger partial charge is 0.220 e. The van der Waals surface area contributed by atoms with Crippen LogP contribution in [0.15, 0.2) is 47.8 Å². The number of benzene rings is 1. The normalized spacial score (nSPS) is 12.1. The summed E-state index contributed by atoms with van der Waals surface area (Å²) in [6, 6.07) is 14.1. The van der Waals surface area contributed by atoms with E-state index in [0.717, 1.165) is 10.4 Å². The predicted molar refractivity (Wildman–Crippen MR) is 71.0 cm³/mol. The third-order valence-electron chi connectivity index (χ3n) is 2.59. The predicted octanol–water partition coefficient (Wildman–Crippen LogP) is 3.36. The molecule has 1 N–H and O–H groups in total. The number of nitrogens with one attached hydrogen (secondary N) is 1. The summed E-state index contributed by atoms with van der Waals surface area (Å²) >= 11 is 1.66. The first-order chi connectivity index (χ1) is 8.31. The molecule has 0 saturated heterocycles. The van der Waals surface area contributed by atoms with Gasteiger partial charge in [-0.3, -0.25) is 4.79 Å². The molecule has 1 amide bonds. The molecule has 0 saturated carbocycles. The molecule has 0 spiro atoms. The zero-order valence-electron chi connectivity index (χ0n) is 9.72. The first-order valence-electron chi connectivity index (χ1n) is 5.69. The Morgan fingerprint density at radius 3 is 2.59 bits per heavy atom. The second-order valence-corrected chi connectivity index (χ2v) is 4.76. The Kier molecular flexibility index (Phi) is 3.94. The fourth-order valence-electron chi connectivity index (χ4n) is 1.68. The zero-order chi connectivity index (χ0) is 12.1. The highest BCUT2D eigenvalue weighted by Crippen LogP contribution is 2.25. The molecule has 2 aromatic rings. The van der Waals surface area contributed by atoms with E-state index in [1.165, 1.54) is 0 Å². The highest BCUT2D eigenvalue weighted by atomic mass is 32.1. The van der Waals surface area contributed by atoms with Gasteiger partial charge >= 0.3 is 0 Å². The van der Waals surface area contributed by atoms with Gasteiger partial charge in [0.25, 0.3) is 0 Å². The van der Waals surface area contributed by atoms with Crippen LogP contribution in [0.4, 0.5) is 0 Å². The number of rotatable bonds is 4. The highest BCUT2D eigenvalue weighted by molar-refractivity contribution is 7.10. The second-order valence-electron chi connectivity index (χ2n) is 3.78. The molecular weight excluding hydrogens is 230 g/mol. The molecule has 3 heteroatoms. The summed E-state index contributed by atoms with van der Waals surface area (Å²) in [7, 11) is 0. The summed E-state index contributed by atoms with van der Waals surface area (Å²) in [6.07, 6.45) is 0.509. The third kappa shape index (κ3) is 2.94. The quantitative estimate of drug-likeness (QED) is 0.879. The molecule has 1 atom stereocenters. The molecule has 0 radical (unpaired) electrons. The van der Waals surface area contributed by atoms with Crippen molar-refractivity contribution in [1.82, 2.24) is 5.32 Å². The van der Waals surface area contributed by atoms with Crippen LogP contribution in [-0.2, 0) is 4.79 Å². The summed E-state index contributed by atoms with van der Waals surface area (Å²) in [5.74, 6) is 0.0762. The molecular formula is C14H15NOS. The van der Waals surface area contributed by atoms with Crippen LogP contribution in [-0.4, -0.2) is 5.91 Å². The van der Waals surface area contributed by atoms with Crippen molar-refractivity contribution in [3.05, 3.63) is 58.3 Å². The monoisotopic (exact) mass is 245 g/mol. The van der Waals surface area contributed by atoms with Crippen molar-refractivity contribution in [2.45, 2.75) is 19.4 Å². The van der Waals surface area contributed by atoms with Gasteiger partial charge in [0.05, 0.1) is 6.04 Å². The Bertz CT molecular complexity index is 464. The Morgan fingerprint density at radius 1 is 1.24 bits per heavy atom. The minimum absolute atomic E-state index is 0.0244. The van der Waals surface area contributed by atoms with E-state index in [4.69, 9.17) is 0 Å². The summed E-state index contributed by atoms with van der Waals surface area (Å²) in [5.41, 5.74) is 1.12. The number of hydrogen-bond acceptors (Lipinski definition) is 2.